The summed E-state index contributed by atoms with van der Waals surface area (Å²) in [4.78, 5) is 20.6. The Morgan fingerprint density at radius 2 is 2.08 bits per heavy atom. The Morgan fingerprint density at radius 3 is 2.76 bits per heavy atom. The summed E-state index contributed by atoms with van der Waals surface area (Å²) in [6.07, 6.45) is 4.73. The quantitative estimate of drug-likeness (QED) is 0.747. The summed E-state index contributed by atoms with van der Waals surface area (Å²) >= 11 is 0. The van der Waals surface area contributed by atoms with Crippen LogP contribution in [-0.2, 0) is 0 Å². The molecule has 0 radical (unpaired) electrons. The molecule has 2 aromatic heterocycles. The van der Waals surface area contributed by atoms with Crippen molar-refractivity contribution in [1.29, 1.82) is 0 Å². The summed E-state index contributed by atoms with van der Waals surface area (Å²) in [5, 5.41) is 7.06. The maximum absolute atomic E-state index is 12.5. The minimum Gasteiger partial charge on any atom is -0.477 e. The van der Waals surface area contributed by atoms with Gasteiger partial charge >= 0.3 is 0 Å². The van der Waals surface area contributed by atoms with Crippen molar-refractivity contribution in [2.45, 2.75) is 19.9 Å². The summed E-state index contributed by atoms with van der Waals surface area (Å²) in [7, 11) is 0. The zero-order chi connectivity index (χ0) is 17.6. The van der Waals surface area contributed by atoms with E-state index in [1.807, 2.05) is 38.1 Å². The van der Waals surface area contributed by atoms with Gasteiger partial charge in [-0.2, -0.15) is 5.10 Å². The van der Waals surface area contributed by atoms with E-state index in [1.165, 1.54) is 6.33 Å². The van der Waals surface area contributed by atoms with Crippen molar-refractivity contribution >= 4 is 5.91 Å². The van der Waals surface area contributed by atoms with Crippen molar-refractivity contribution in [3.63, 3.8) is 0 Å². The van der Waals surface area contributed by atoms with Crippen LogP contribution in [0.1, 0.15) is 35.8 Å². The number of nitrogens with zero attached hydrogens (tertiary/aromatic N) is 4. The average molecular weight is 337 g/mol. The molecule has 3 rings (SSSR count). The molecule has 0 saturated heterocycles. The molecule has 7 nitrogen and oxygen atoms in total. The van der Waals surface area contributed by atoms with E-state index < -0.39 is 0 Å². The fourth-order valence-corrected chi connectivity index (χ4v) is 2.43. The number of carbonyl (C=O) groups is 1. The summed E-state index contributed by atoms with van der Waals surface area (Å²) in [5.41, 5.74) is 2.32. The number of benzene rings is 1. The Balaban J connectivity index is 1.71. The number of hydrogen-bond acceptors (Lipinski definition) is 5. The second kappa shape index (κ2) is 7.57. The van der Waals surface area contributed by atoms with Crippen LogP contribution in [0.3, 0.4) is 0 Å². The minimum atomic E-state index is -0.218. The molecule has 0 aliphatic carbocycles. The summed E-state index contributed by atoms with van der Waals surface area (Å²) < 4.78 is 7.09. The van der Waals surface area contributed by atoms with Gasteiger partial charge in [-0.05, 0) is 43.7 Å². The number of aromatic nitrogens is 4. The first-order valence-electron chi connectivity index (χ1n) is 8.02. The Bertz CT molecular complexity index is 831. The molecule has 128 valence electrons. The lowest BCUT2D eigenvalue weighted by Gasteiger charge is -2.16. The fraction of sp³-hybridized carbons (Fsp3) is 0.222. The molecular formula is C18H19N5O2. The molecule has 0 spiro atoms. The molecule has 1 aromatic carbocycles. The van der Waals surface area contributed by atoms with E-state index in [-0.39, 0.29) is 11.9 Å². The van der Waals surface area contributed by atoms with Gasteiger partial charge in [0, 0.05) is 6.20 Å². The molecule has 0 saturated carbocycles. The summed E-state index contributed by atoms with van der Waals surface area (Å²) in [6.45, 7) is 4.24. The van der Waals surface area contributed by atoms with Crippen molar-refractivity contribution in [3.8, 4) is 11.6 Å². The van der Waals surface area contributed by atoms with Crippen molar-refractivity contribution in [2.75, 3.05) is 6.61 Å². The Morgan fingerprint density at radius 1 is 1.28 bits per heavy atom. The van der Waals surface area contributed by atoms with E-state index in [4.69, 9.17) is 4.74 Å². The zero-order valence-electron chi connectivity index (χ0n) is 14.1. The standard InChI is InChI=1S/C18H19N5O2/c1-3-25-18-16(5-4-10-20-18)17(24)22-13(2)14-6-8-15(9-7-14)23-12-19-11-21-23/h4-13H,3H2,1-2H3,(H,22,24). The molecule has 1 N–H and O–H groups in total. The van der Waals surface area contributed by atoms with Crippen LogP contribution in [0.2, 0.25) is 0 Å². The van der Waals surface area contributed by atoms with Gasteiger partial charge in [-0.25, -0.2) is 14.6 Å². The van der Waals surface area contributed by atoms with Gasteiger partial charge in [-0.3, -0.25) is 4.79 Å². The maximum Gasteiger partial charge on any atom is 0.257 e. The molecule has 1 amide bonds. The topological polar surface area (TPSA) is 81.9 Å². The van der Waals surface area contributed by atoms with Crippen LogP contribution in [0.15, 0.2) is 55.2 Å². The van der Waals surface area contributed by atoms with Gasteiger partial charge in [0.2, 0.25) is 5.88 Å². The van der Waals surface area contributed by atoms with Crippen molar-refractivity contribution in [1.82, 2.24) is 25.1 Å². The highest BCUT2D eigenvalue weighted by molar-refractivity contribution is 5.96. The molecule has 3 aromatic rings. The second-order valence-electron chi connectivity index (χ2n) is 5.42. The summed E-state index contributed by atoms with van der Waals surface area (Å²) in [6, 6.07) is 11.0. The third kappa shape index (κ3) is 3.82. The van der Waals surface area contributed by atoms with Crippen LogP contribution < -0.4 is 10.1 Å². The molecule has 2 heterocycles. The molecular weight excluding hydrogens is 318 g/mol. The van der Waals surface area contributed by atoms with Crippen LogP contribution in [0, 0.1) is 0 Å². The Kier molecular flexibility index (Phi) is 5.03. The first-order chi connectivity index (χ1) is 12.2. The number of carbonyl (C=O) groups excluding carboxylic acids is 1. The fourth-order valence-electron chi connectivity index (χ4n) is 2.43. The average Bonchev–Trinajstić information content (AvgIpc) is 3.17. The minimum absolute atomic E-state index is 0.160. The molecule has 0 aliphatic rings. The molecule has 1 atom stereocenters. The second-order valence-corrected chi connectivity index (χ2v) is 5.42. The number of pyridine rings is 1. The number of amides is 1. The summed E-state index contributed by atoms with van der Waals surface area (Å²) in [5.74, 6) is 0.126. The lowest BCUT2D eigenvalue weighted by atomic mass is 10.1. The SMILES string of the molecule is CCOc1ncccc1C(=O)NC(C)c1ccc(-n2cncn2)cc1. The predicted octanol–water partition coefficient (Wildman–Crippen LogP) is 2.55. The van der Waals surface area contributed by atoms with E-state index in [0.717, 1.165) is 11.3 Å². The molecule has 25 heavy (non-hydrogen) atoms. The van der Waals surface area contributed by atoms with Gasteiger partial charge in [0.25, 0.3) is 5.91 Å². The monoisotopic (exact) mass is 337 g/mol. The van der Waals surface area contributed by atoms with E-state index in [2.05, 4.69) is 20.4 Å². The van der Waals surface area contributed by atoms with Crippen molar-refractivity contribution in [3.05, 3.63) is 66.4 Å². The molecule has 0 bridgehead atoms. The zero-order valence-corrected chi connectivity index (χ0v) is 14.1. The highest BCUT2D eigenvalue weighted by Crippen LogP contribution is 2.18. The lowest BCUT2D eigenvalue weighted by Crippen LogP contribution is -2.27. The van der Waals surface area contributed by atoms with Crippen LogP contribution in [0.5, 0.6) is 5.88 Å². The molecule has 0 fully saturated rings. The molecule has 1 unspecified atom stereocenters. The van der Waals surface area contributed by atoms with Crippen molar-refractivity contribution < 1.29 is 9.53 Å². The number of hydrogen-bond donors (Lipinski definition) is 1. The smallest absolute Gasteiger partial charge is 0.257 e. The molecule has 0 aliphatic heterocycles. The molecule has 7 heteroatoms. The van der Waals surface area contributed by atoms with Gasteiger partial charge in [-0.1, -0.05) is 12.1 Å². The van der Waals surface area contributed by atoms with Crippen LogP contribution in [0.4, 0.5) is 0 Å². The van der Waals surface area contributed by atoms with Gasteiger partial charge < -0.3 is 10.1 Å². The maximum atomic E-state index is 12.5. The van der Waals surface area contributed by atoms with Gasteiger partial charge in [0.05, 0.1) is 18.3 Å². The third-order valence-electron chi connectivity index (χ3n) is 3.72. The van der Waals surface area contributed by atoms with Gasteiger partial charge in [-0.15, -0.1) is 0 Å². The number of nitrogens with one attached hydrogen (secondary N) is 1. The third-order valence-corrected chi connectivity index (χ3v) is 3.72. The van der Waals surface area contributed by atoms with Crippen LogP contribution in [0.25, 0.3) is 5.69 Å². The Labute approximate surface area is 145 Å². The Hall–Kier alpha value is -3.22. The van der Waals surface area contributed by atoms with E-state index in [9.17, 15) is 4.79 Å². The largest absolute Gasteiger partial charge is 0.477 e. The predicted molar refractivity (Wildman–Crippen MR) is 92.6 cm³/mol. The van der Waals surface area contributed by atoms with Crippen LogP contribution >= 0.6 is 0 Å². The van der Waals surface area contributed by atoms with Gasteiger partial charge in [0.15, 0.2) is 0 Å². The number of rotatable bonds is 6. The normalized spacial score (nSPS) is 11.8. The van der Waals surface area contributed by atoms with E-state index in [1.54, 1.807) is 29.3 Å². The highest BCUT2D eigenvalue weighted by atomic mass is 16.5. The van der Waals surface area contributed by atoms with E-state index >= 15 is 0 Å². The lowest BCUT2D eigenvalue weighted by molar-refractivity contribution is 0.0935. The van der Waals surface area contributed by atoms with Crippen LogP contribution in [-0.4, -0.2) is 32.3 Å². The van der Waals surface area contributed by atoms with E-state index in [0.29, 0.717) is 18.1 Å². The van der Waals surface area contributed by atoms with Gasteiger partial charge in [0.1, 0.15) is 18.2 Å². The highest BCUT2D eigenvalue weighted by Gasteiger charge is 2.16. The first kappa shape index (κ1) is 16.6. The van der Waals surface area contributed by atoms with Crippen molar-refractivity contribution in [2.24, 2.45) is 0 Å². The first-order valence-corrected chi connectivity index (χ1v) is 8.02. The number of ether oxygens (including phenoxy) is 1.